The van der Waals surface area contributed by atoms with Crippen molar-refractivity contribution in [1.82, 2.24) is 19.8 Å². The summed E-state index contributed by atoms with van der Waals surface area (Å²) in [6, 6.07) is 6.05. The number of amides is 1. The molecule has 4 saturated heterocycles. The Morgan fingerprint density at radius 3 is 2.58 bits per heavy atom. The number of ether oxygens (including phenoxy) is 3. The van der Waals surface area contributed by atoms with Gasteiger partial charge in [-0.3, -0.25) is 9.69 Å². The van der Waals surface area contributed by atoms with E-state index in [-0.39, 0.29) is 24.2 Å². The number of morpholine rings is 1. The van der Waals surface area contributed by atoms with Gasteiger partial charge in [0, 0.05) is 50.4 Å². The molecule has 1 N–H and O–H groups in total. The smallest absolute Gasteiger partial charge is 0.379 e. The molecule has 0 aliphatic carbocycles. The predicted octanol–water partition coefficient (Wildman–Crippen LogP) is 4.62. The number of rotatable bonds is 6. The molecule has 4 atom stereocenters. The van der Waals surface area contributed by atoms with Crippen LogP contribution in [0.1, 0.15) is 71.8 Å². The summed E-state index contributed by atoms with van der Waals surface area (Å²) in [6.45, 7) is 6.78. The first-order chi connectivity index (χ1) is 20.8. The first kappa shape index (κ1) is 30.2. The van der Waals surface area contributed by atoms with Crippen molar-refractivity contribution in [3.8, 4) is 0 Å². The minimum absolute atomic E-state index is 0.0800. The normalized spacial score (nSPS) is 27.5. The van der Waals surface area contributed by atoms with Crippen molar-refractivity contribution in [3.05, 3.63) is 53.0 Å². The van der Waals surface area contributed by atoms with Crippen LogP contribution in [0.15, 0.2) is 30.6 Å². The van der Waals surface area contributed by atoms with Crippen molar-refractivity contribution in [3.63, 3.8) is 0 Å². The van der Waals surface area contributed by atoms with Crippen LogP contribution in [0, 0.1) is 6.92 Å². The number of halogens is 3. The molecule has 4 unspecified atom stereocenters. The molecule has 234 valence electrons. The average Bonchev–Trinajstić information content (AvgIpc) is 3.03. The number of hydrogen-bond donors (Lipinski definition) is 1. The number of nitrogens with zero attached hydrogens (tertiary/aromatic N) is 4. The zero-order valence-corrected chi connectivity index (χ0v) is 24.5. The van der Waals surface area contributed by atoms with Crippen molar-refractivity contribution in [2.75, 3.05) is 51.3 Å². The lowest BCUT2D eigenvalue weighted by Crippen LogP contribution is -2.60. The maximum atomic E-state index is 13.5. The Hall–Kier alpha value is -2.80. The van der Waals surface area contributed by atoms with E-state index in [4.69, 9.17) is 14.2 Å². The Morgan fingerprint density at radius 2 is 1.81 bits per heavy atom. The summed E-state index contributed by atoms with van der Waals surface area (Å²) < 4.78 is 56.7. The lowest BCUT2D eigenvalue weighted by molar-refractivity contribution is -0.148. The minimum Gasteiger partial charge on any atom is -0.379 e. The van der Waals surface area contributed by atoms with E-state index >= 15 is 0 Å². The number of benzene rings is 1. The highest BCUT2D eigenvalue weighted by molar-refractivity contribution is 5.94. The topological polar surface area (TPSA) is 89.0 Å². The van der Waals surface area contributed by atoms with Crippen molar-refractivity contribution in [2.24, 2.45) is 0 Å². The van der Waals surface area contributed by atoms with Gasteiger partial charge in [0.25, 0.3) is 5.91 Å². The second kappa shape index (κ2) is 13.1. The number of carbonyl (C=O) groups excluding carboxylic acids is 1. The lowest BCUT2D eigenvalue weighted by Gasteiger charge is -2.49. The van der Waals surface area contributed by atoms with Gasteiger partial charge in [-0.25, -0.2) is 9.97 Å². The number of anilines is 1. The molecule has 2 aromatic rings. The molecule has 1 aromatic heterocycles. The summed E-state index contributed by atoms with van der Waals surface area (Å²) in [4.78, 5) is 26.8. The molecule has 0 saturated carbocycles. The van der Waals surface area contributed by atoms with E-state index in [0.717, 1.165) is 76.0 Å². The fraction of sp³-hybridized carbons (Fsp3) is 0.645. The predicted molar refractivity (Wildman–Crippen MR) is 153 cm³/mol. The number of nitrogens with one attached hydrogen (secondary N) is 1. The fourth-order valence-corrected chi connectivity index (χ4v) is 6.95. The molecular formula is C31H40F3N5O4. The zero-order valence-electron chi connectivity index (χ0n) is 24.5. The van der Waals surface area contributed by atoms with Gasteiger partial charge in [0.05, 0.1) is 37.1 Å². The number of alkyl halides is 3. The molecule has 4 fully saturated rings. The summed E-state index contributed by atoms with van der Waals surface area (Å²) in [5.41, 5.74) is 1.18. The second-order valence-corrected chi connectivity index (χ2v) is 12.0. The van der Waals surface area contributed by atoms with Crippen molar-refractivity contribution in [2.45, 2.75) is 82.0 Å². The fourth-order valence-electron chi connectivity index (χ4n) is 6.95. The molecule has 6 rings (SSSR count). The van der Waals surface area contributed by atoms with Gasteiger partial charge in [-0.1, -0.05) is 12.1 Å². The molecule has 5 heterocycles. The zero-order chi connectivity index (χ0) is 30.0. The molecule has 1 amide bonds. The maximum absolute atomic E-state index is 13.5. The molecule has 0 radical (unpaired) electrons. The van der Waals surface area contributed by atoms with Gasteiger partial charge in [0.15, 0.2) is 0 Å². The Bertz CT molecular complexity index is 1250. The summed E-state index contributed by atoms with van der Waals surface area (Å²) in [6.07, 6.45) is 2.12. The van der Waals surface area contributed by atoms with Crippen LogP contribution in [0.5, 0.6) is 0 Å². The summed E-state index contributed by atoms with van der Waals surface area (Å²) in [7, 11) is 0. The number of piperidine rings is 1. The van der Waals surface area contributed by atoms with Crippen molar-refractivity contribution >= 4 is 11.7 Å². The van der Waals surface area contributed by atoms with E-state index in [0.29, 0.717) is 55.4 Å². The van der Waals surface area contributed by atoms with Crippen LogP contribution in [0.4, 0.5) is 19.0 Å². The second-order valence-electron chi connectivity index (χ2n) is 12.0. The van der Waals surface area contributed by atoms with Crippen molar-refractivity contribution < 1.29 is 32.2 Å². The van der Waals surface area contributed by atoms with Gasteiger partial charge in [0.1, 0.15) is 17.8 Å². The van der Waals surface area contributed by atoms with E-state index in [2.05, 4.69) is 20.2 Å². The van der Waals surface area contributed by atoms with Crippen LogP contribution in [-0.4, -0.2) is 96.0 Å². The molecule has 0 spiro atoms. The van der Waals surface area contributed by atoms with E-state index < -0.39 is 11.7 Å². The third-order valence-corrected chi connectivity index (χ3v) is 9.34. The molecule has 9 nitrogen and oxygen atoms in total. The Kier molecular flexibility index (Phi) is 9.18. The van der Waals surface area contributed by atoms with Crippen molar-refractivity contribution in [1.29, 1.82) is 0 Å². The van der Waals surface area contributed by atoms with Crippen LogP contribution in [0.2, 0.25) is 0 Å². The third kappa shape index (κ3) is 6.82. The monoisotopic (exact) mass is 603 g/mol. The summed E-state index contributed by atoms with van der Waals surface area (Å²) in [5, 5.41) is 3.33. The molecular weight excluding hydrogens is 563 g/mol. The lowest BCUT2D eigenvalue weighted by atomic mass is 9.95. The van der Waals surface area contributed by atoms with E-state index in [9.17, 15) is 18.0 Å². The molecule has 0 bridgehead atoms. The average molecular weight is 604 g/mol. The van der Waals surface area contributed by atoms with Gasteiger partial charge in [-0.15, -0.1) is 0 Å². The third-order valence-electron chi connectivity index (χ3n) is 9.34. The first-order valence-electron chi connectivity index (χ1n) is 15.4. The minimum atomic E-state index is -4.36. The molecule has 4 aliphatic heterocycles. The number of carbonyl (C=O) groups is 1. The highest BCUT2D eigenvalue weighted by atomic mass is 19.4. The molecule has 12 heteroatoms. The van der Waals surface area contributed by atoms with Crippen LogP contribution in [0.25, 0.3) is 0 Å². The molecule has 4 aliphatic rings. The van der Waals surface area contributed by atoms with E-state index in [1.54, 1.807) is 0 Å². The number of aromatic nitrogens is 2. The Balaban J connectivity index is 1.03. The standard InChI is InChI=1S/C31H40F3N5O4/c1-20-28(30(40)38-12-9-23(10-13-38)39-14-16-42-27-18-41-15-11-25(27)39)36-19-37-29(20)35-17-24-3-2-4-26(43-24)21-5-7-22(8-6-21)31(32,33)34/h5-8,19,23-27H,2-4,9-18H2,1H3,(H,35,36,37). The van der Waals surface area contributed by atoms with Gasteiger partial charge in [-0.2, -0.15) is 13.2 Å². The summed E-state index contributed by atoms with van der Waals surface area (Å²) in [5.74, 6) is 0.510. The maximum Gasteiger partial charge on any atom is 0.416 e. The van der Waals surface area contributed by atoms with E-state index in [1.165, 1.54) is 18.5 Å². The number of hydrogen-bond acceptors (Lipinski definition) is 8. The van der Waals surface area contributed by atoms with Gasteiger partial charge < -0.3 is 24.4 Å². The summed E-state index contributed by atoms with van der Waals surface area (Å²) >= 11 is 0. The van der Waals surface area contributed by atoms with Crippen LogP contribution >= 0.6 is 0 Å². The highest BCUT2D eigenvalue weighted by Gasteiger charge is 2.40. The number of likely N-dealkylation sites (tertiary alicyclic amines) is 1. The van der Waals surface area contributed by atoms with Gasteiger partial charge in [0.2, 0.25) is 0 Å². The first-order valence-corrected chi connectivity index (χ1v) is 15.4. The van der Waals surface area contributed by atoms with Crippen LogP contribution < -0.4 is 5.32 Å². The van der Waals surface area contributed by atoms with Gasteiger partial charge in [-0.05, 0) is 63.1 Å². The van der Waals surface area contributed by atoms with Gasteiger partial charge >= 0.3 is 6.18 Å². The largest absolute Gasteiger partial charge is 0.416 e. The number of fused-ring (bicyclic) bond motifs is 1. The van der Waals surface area contributed by atoms with Crippen LogP contribution in [-0.2, 0) is 20.4 Å². The Labute approximate surface area is 250 Å². The van der Waals surface area contributed by atoms with E-state index in [1.807, 2.05) is 11.8 Å². The van der Waals surface area contributed by atoms with Crippen LogP contribution in [0.3, 0.4) is 0 Å². The highest BCUT2D eigenvalue weighted by Crippen LogP contribution is 2.35. The molecule has 1 aromatic carbocycles. The Morgan fingerprint density at radius 1 is 1.02 bits per heavy atom. The molecule has 43 heavy (non-hydrogen) atoms. The SMILES string of the molecule is Cc1c(NCC2CCCC(c3ccc(C(F)(F)F)cc3)O2)ncnc1C(=O)N1CCC(N2CCOC3COCCC32)CC1. The quantitative estimate of drug-likeness (QED) is 0.512.